The summed E-state index contributed by atoms with van der Waals surface area (Å²) in [4.78, 5) is 0. The fourth-order valence-corrected chi connectivity index (χ4v) is 5.06. The maximum Gasteiger partial charge on any atom is 0.250 e. The second-order valence-corrected chi connectivity index (χ2v) is 7.87. The van der Waals surface area contributed by atoms with Crippen LogP contribution in [0.5, 0.6) is 0 Å². The summed E-state index contributed by atoms with van der Waals surface area (Å²) in [6.07, 6.45) is 0.487. The van der Waals surface area contributed by atoms with Crippen molar-refractivity contribution >= 4 is 31.4 Å². The molecule has 0 radical (unpaired) electrons. The molecule has 0 saturated heterocycles. The Labute approximate surface area is 91.2 Å². The Hall–Kier alpha value is -0.480. The summed E-state index contributed by atoms with van der Waals surface area (Å²) in [5.41, 5.74) is 0.516. The fourth-order valence-electron chi connectivity index (χ4n) is 1.32. The first-order valence-corrected chi connectivity index (χ1v) is 7.80. The van der Waals surface area contributed by atoms with Crippen molar-refractivity contribution in [2.24, 2.45) is 5.14 Å². The summed E-state index contributed by atoms with van der Waals surface area (Å²) < 4.78 is 47.3. The zero-order valence-electron chi connectivity index (χ0n) is 7.43. The van der Waals surface area contributed by atoms with Crippen molar-refractivity contribution in [3.05, 3.63) is 11.6 Å². The second-order valence-electron chi connectivity index (χ2n) is 3.07. The maximum atomic E-state index is 11.5. The Balaban J connectivity index is 2.67. The number of nitrogens with two attached hydrogens (primary N) is 1. The van der Waals surface area contributed by atoms with E-state index >= 15 is 0 Å². The van der Waals surface area contributed by atoms with Gasteiger partial charge in [0, 0.05) is 6.54 Å². The molecule has 2 heterocycles. The standard InChI is InChI=1S/C6H8N2O4S3/c7-14(9,10)5-3-4-1-2-8-15(11,12)6(4)13-5/h3,8H,1-2H2,(H2,7,9,10). The van der Waals surface area contributed by atoms with Gasteiger partial charge >= 0.3 is 0 Å². The van der Waals surface area contributed by atoms with Gasteiger partial charge in [0.15, 0.2) is 0 Å². The van der Waals surface area contributed by atoms with Crippen LogP contribution < -0.4 is 9.86 Å². The minimum absolute atomic E-state index is 0.0535. The number of rotatable bonds is 1. The van der Waals surface area contributed by atoms with Crippen molar-refractivity contribution in [1.82, 2.24) is 4.72 Å². The van der Waals surface area contributed by atoms with Crippen LogP contribution in [-0.4, -0.2) is 23.4 Å². The lowest BCUT2D eigenvalue weighted by atomic mass is 10.2. The number of fused-ring (bicyclic) bond motifs is 1. The molecule has 6 nitrogen and oxygen atoms in total. The molecule has 2 rings (SSSR count). The Morgan fingerprint density at radius 3 is 2.67 bits per heavy atom. The largest absolute Gasteiger partial charge is 0.250 e. The second kappa shape index (κ2) is 3.25. The summed E-state index contributed by atoms with van der Waals surface area (Å²) in [6, 6.07) is 1.33. The minimum Gasteiger partial charge on any atom is -0.224 e. The number of hydrogen-bond acceptors (Lipinski definition) is 5. The van der Waals surface area contributed by atoms with E-state index in [0.717, 1.165) is 0 Å². The molecule has 1 aromatic heterocycles. The van der Waals surface area contributed by atoms with E-state index in [1.54, 1.807) is 0 Å². The first-order valence-electron chi connectivity index (χ1n) is 3.96. The van der Waals surface area contributed by atoms with Crippen LogP contribution in [0.25, 0.3) is 0 Å². The highest BCUT2D eigenvalue weighted by molar-refractivity contribution is 7.94. The van der Waals surface area contributed by atoms with Gasteiger partial charge < -0.3 is 0 Å². The Bertz CT molecular complexity index is 598. The third-order valence-corrected chi connectivity index (χ3v) is 6.59. The molecule has 0 spiro atoms. The van der Waals surface area contributed by atoms with Crippen LogP contribution in [0.2, 0.25) is 0 Å². The molecule has 0 fully saturated rings. The van der Waals surface area contributed by atoms with Crippen molar-refractivity contribution in [2.45, 2.75) is 14.8 Å². The van der Waals surface area contributed by atoms with E-state index in [0.29, 0.717) is 23.3 Å². The molecule has 1 aliphatic heterocycles. The van der Waals surface area contributed by atoms with Crippen LogP contribution in [0.4, 0.5) is 0 Å². The molecular formula is C6H8N2O4S3. The van der Waals surface area contributed by atoms with Crippen molar-refractivity contribution in [2.75, 3.05) is 6.54 Å². The van der Waals surface area contributed by atoms with Gasteiger partial charge in [0.25, 0.3) is 0 Å². The first-order chi connectivity index (χ1) is 6.81. The van der Waals surface area contributed by atoms with E-state index in [2.05, 4.69) is 4.72 Å². The van der Waals surface area contributed by atoms with E-state index in [-0.39, 0.29) is 15.0 Å². The predicted octanol–water partition coefficient (Wildman–Crippen LogP) is -0.770. The molecule has 0 unspecified atom stereocenters. The number of sulfonamides is 2. The molecule has 0 bridgehead atoms. The third kappa shape index (κ3) is 1.93. The molecule has 1 aliphatic rings. The predicted molar refractivity (Wildman–Crippen MR) is 54.6 cm³/mol. The Morgan fingerprint density at radius 1 is 1.47 bits per heavy atom. The summed E-state index contributed by atoms with van der Waals surface area (Å²) in [5.74, 6) is 0. The van der Waals surface area contributed by atoms with Crippen LogP contribution in [0.15, 0.2) is 14.5 Å². The molecule has 1 aromatic rings. The quantitative estimate of drug-likeness (QED) is 0.697. The molecule has 0 amide bonds. The van der Waals surface area contributed by atoms with E-state index in [4.69, 9.17) is 5.14 Å². The van der Waals surface area contributed by atoms with E-state index in [1.807, 2.05) is 0 Å². The SMILES string of the molecule is NS(=O)(=O)c1cc2c(s1)S(=O)(=O)NCC2. The number of hydrogen-bond donors (Lipinski definition) is 2. The summed E-state index contributed by atoms with van der Waals surface area (Å²) >= 11 is 0.686. The molecule has 0 atom stereocenters. The molecular weight excluding hydrogens is 260 g/mol. The van der Waals surface area contributed by atoms with Gasteiger partial charge in [-0.3, -0.25) is 0 Å². The van der Waals surface area contributed by atoms with Gasteiger partial charge in [-0.25, -0.2) is 26.7 Å². The smallest absolute Gasteiger partial charge is 0.224 e. The number of nitrogens with one attached hydrogen (secondary N) is 1. The van der Waals surface area contributed by atoms with Crippen molar-refractivity contribution in [3.8, 4) is 0 Å². The number of thiophene rings is 1. The lowest BCUT2D eigenvalue weighted by Gasteiger charge is -2.11. The van der Waals surface area contributed by atoms with Gasteiger partial charge in [0.1, 0.15) is 8.42 Å². The van der Waals surface area contributed by atoms with Gasteiger partial charge in [-0.05, 0) is 18.1 Å². The lowest BCUT2D eigenvalue weighted by molar-refractivity contribution is 0.576. The first kappa shape index (κ1) is 11.0. The average Bonchev–Trinajstić information content (AvgIpc) is 2.47. The highest BCUT2D eigenvalue weighted by Crippen LogP contribution is 2.31. The van der Waals surface area contributed by atoms with Crippen LogP contribution in [0.1, 0.15) is 5.56 Å². The molecule has 0 aliphatic carbocycles. The van der Waals surface area contributed by atoms with Gasteiger partial charge in [-0.1, -0.05) is 0 Å². The van der Waals surface area contributed by atoms with Crippen molar-refractivity contribution < 1.29 is 16.8 Å². The van der Waals surface area contributed by atoms with Crippen LogP contribution in [0, 0.1) is 0 Å². The normalized spacial score (nSPS) is 19.8. The third-order valence-electron chi connectivity index (χ3n) is 1.96. The van der Waals surface area contributed by atoms with Crippen LogP contribution in [-0.2, 0) is 26.5 Å². The summed E-state index contributed by atoms with van der Waals surface area (Å²) in [6.45, 7) is 0.288. The minimum atomic E-state index is -3.82. The van der Waals surface area contributed by atoms with Gasteiger partial charge in [0.2, 0.25) is 20.0 Å². The van der Waals surface area contributed by atoms with E-state index in [9.17, 15) is 16.8 Å². The van der Waals surface area contributed by atoms with Gasteiger partial charge in [-0.2, -0.15) is 0 Å². The molecule has 0 saturated carbocycles. The molecule has 15 heavy (non-hydrogen) atoms. The monoisotopic (exact) mass is 268 g/mol. The lowest BCUT2D eigenvalue weighted by Crippen LogP contribution is -2.30. The molecule has 84 valence electrons. The van der Waals surface area contributed by atoms with Crippen LogP contribution >= 0.6 is 11.3 Å². The summed E-state index contributed by atoms with van der Waals surface area (Å²) in [7, 11) is -7.35. The van der Waals surface area contributed by atoms with Crippen molar-refractivity contribution in [1.29, 1.82) is 0 Å². The van der Waals surface area contributed by atoms with E-state index in [1.165, 1.54) is 6.07 Å². The summed E-state index contributed by atoms with van der Waals surface area (Å²) in [5, 5.41) is 4.92. The van der Waals surface area contributed by atoms with Gasteiger partial charge in [0.05, 0.1) is 0 Å². The van der Waals surface area contributed by atoms with E-state index < -0.39 is 20.0 Å². The maximum absolute atomic E-state index is 11.5. The Kier molecular flexibility index (Phi) is 2.39. The zero-order chi connectivity index (χ0) is 11.3. The molecule has 9 heteroatoms. The zero-order valence-corrected chi connectivity index (χ0v) is 9.88. The van der Waals surface area contributed by atoms with Gasteiger partial charge in [-0.15, -0.1) is 11.3 Å². The van der Waals surface area contributed by atoms with Crippen LogP contribution in [0.3, 0.4) is 0 Å². The average molecular weight is 268 g/mol. The Morgan fingerprint density at radius 2 is 2.13 bits per heavy atom. The molecule has 0 aromatic carbocycles. The number of primary sulfonamides is 1. The highest BCUT2D eigenvalue weighted by Gasteiger charge is 2.28. The topological polar surface area (TPSA) is 106 Å². The highest BCUT2D eigenvalue weighted by atomic mass is 32.3. The molecule has 3 N–H and O–H groups in total. The fraction of sp³-hybridized carbons (Fsp3) is 0.333. The van der Waals surface area contributed by atoms with Crippen molar-refractivity contribution in [3.63, 3.8) is 0 Å².